The van der Waals surface area contributed by atoms with E-state index in [9.17, 15) is 9.59 Å². The Morgan fingerprint density at radius 1 is 1.06 bits per heavy atom. The fraction of sp³-hybridized carbons (Fsp3) is 0.800. The third-order valence-corrected chi connectivity index (χ3v) is 2.21. The first-order valence-electron chi connectivity index (χ1n) is 5.48. The topological polar surface area (TPSA) is 61.9 Å². The highest BCUT2D eigenvalue weighted by Crippen LogP contribution is 2.02. The summed E-state index contributed by atoms with van der Waals surface area (Å²) < 4.78 is 4.58. The number of nitrogens with one attached hydrogen (secondary N) is 1. The van der Waals surface area contributed by atoms with Gasteiger partial charge in [0.05, 0.1) is 7.11 Å². The molecule has 94 valence electrons. The Morgan fingerprint density at radius 2 is 1.50 bits per heavy atom. The van der Waals surface area contributed by atoms with Gasteiger partial charge in [0.2, 0.25) is 0 Å². The Balaban J connectivity index is 0.00000106. The zero-order valence-corrected chi connectivity index (χ0v) is 10.4. The van der Waals surface area contributed by atoms with Gasteiger partial charge in [-0.15, -0.1) is 0 Å². The van der Waals surface area contributed by atoms with Crippen molar-refractivity contribution in [3.8, 4) is 0 Å². The fourth-order valence-corrected chi connectivity index (χ4v) is 1.38. The first-order chi connectivity index (χ1) is 7.69. The van der Waals surface area contributed by atoms with Crippen molar-refractivity contribution in [3.05, 3.63) is 0 Å². The summed E-state index contributed by atoms with van der Waals surface area (Å²) in [4.78, 5) is 25.5. The quantitative estimate of drug-likeness (QED) is 0.668. The van der Waals surface area contributed by atoms with Crippen LogP contribution in [-0.2, 0) is 4.74 Å². The molecule has 0 spiro atoms. The average molecular weight is 231 g/mol. The van der Waals surface area contributed by atoms with Crippen molar-refractivity contribution in [3.63, 3.8) is 0 Å². The number of carbonyl (C=O) groups excluding carboxylic acids is 2. The normalized spacial score (nSPS) is 14.8. The van der Waals surface area contributed by atoms with Gasteiger partial charge in [0, 0.05) is 33.2 Å². The molecule has 1 saturated heterocycles. The Hall–Kier alpha value is -1.46. The Kier molecular flexibility index (Phi) is 7.07. The summed E-state index contributed by atoms with van der Waals surface area (Å²) in [5, 5.41) is 2.55. The lowest BCUT2D eigenvalue weighted by atomic mass is 10.3. The predicted molar refractivity (Wildman–Crippen MR) is 61.4 cm³/mol. The van der Waals surface area contributed by atoms with Crippen molar-refractivity contribution in [2.75, 3.05) is 40.3 Å². The molecule has 0 aliphatic carbocycles. The minimum absolute atomic E-state index is 0.102. The van der Waals surface area contributed by atoms with Crippen molar-refractivity contribution in [2.45, 2.75) is 13.8 Å². The molecular formula is C10H21N3O3. The molecular weight excluding hydrogens is 210 g/mol. The zero-order valence-electron chi connectivity index (χ0n) is 10.4. The molecule has 0 bridgehead atoms. The van der Waals surface area contributed by atoms with Crippen LogP contribution >= 0.6 is 0 Å². The highest BCUT2D eigenvalue weighted by molar-refractivity contribution is 5.74. The van der Waals surface area contributed by atoms with Crippen LogP contribution in [0.5, 0.6) is 0 Å². The Bertz CT molecular complexity index is 201. The first kappa shape index (κ1) is 14.5. The molecule has 3 amide bonds. The summed E-state index contributed by atoms with van der Waals surface area (Å²) in [5.74, 6) is 0. The van der Waals surface area contributed by atoms with Crippen LogP contribution < -0.4 is 5.32 Å². The van der Waals surface area contributed by atoms with Gasteiger partial charge in [-0.1, -0.05) is 13.8 Å². The van der Waals surface area contributed by atoms with Crippen LogP contribution in [0.4, 0.5) is 9.59 Å². The summed E-state index contributed by atoms with van der Waals surface area (Å²) in [6.45, 7) is 6.16. The molecule has 0 atom stereocenters. The summed E-state index contributed by atoms with van der Waals surface area (Å²) in [6.07, 6.45) is -0.332. The smallest absolute Gasteiger partial charge is 0.409 e. The summed E-state index contributed by atoms with van der Waals surface area (Å²) >= 11 is 0. The second kappa shape index (κ2) is 7.78. The number of nitrogens with zero attached hydrogens (tertiary/aromatic N) is 2. The van der Waals surface area contributed by atoms with Crippen molar-refractivity contribution in [1.29, 1.82) is 0 Å². The molecule has 0 unspecified atom stereocenters. The Labute approximate surface area is 96.5 Å². The second-order valence-electron chi connectivity index (χ2n) is 3.00. The summed E-state index contributed by atoms with van der Waals surface area (Å²) in [7, 11) is 2.95. The van der Waals surface area contributed by atoms with E-state index in [-0.39, 0.29) is 12.1 Å². The number of hydrogen-bond donors (Lipinski definition) is 1. The van der Waals surface area contributed by atoms with E-state index in [4.69, 9.17) is 0 Å². The highest BCUT2D eigenvalue weighted by Gasteiger charge is 2.23. The van der Waals surface area contributed by atoms with E-state index < -0.39 is 0 Å². The first-order valence-corrected chi connectivity index (χ1v) is 5.48. The average Bonchev–Trinajstić information content (AvgIpc) is 2.39. The fourth-order valence-electron chi connectivity index (χ4n) is 1.38. The maximum absolute atomic E-state index is 11.2. The van der Waals surface area contributed by atoms with Gasteiger partial charge in [0.1, 0.15) is 0 Å². The van der Waals surface area contributed by atoms with Gasteiger partial charge >= 0.3 is 12.1 Å². The van der Waals surface area contributed by atoms with Crippen LogP contribution in [-0.4, -0.2) is 62.3 Å². The number of carbonyl (C=O) groups is 2. The Morgan fingerprint density at radius 3 is 1.88 bits per heavy atom. The molecule has 1 aliphatic heterocycles. The van der Waals surface area contributed by atoms with Gasteiger partial charge in [-0.05, 0) is 0 Å². The summed E-state index contributed by atoms with van der Waals surface area (Å²) in [5.41, 5.74) is 0. The third kappa shape index (κ3) is 3.96. The molecule has 0 aromatic carbocycles. The van der Waals surface area contributed by atoms with Gasteiger partial charge in [-0.3, -0.25) is 0 Å². The number of ether oxygens (including phenoxy) is 1. The van der Waals surface area contributed by atoms with Gasteiger partial charge in [-0.25, -0.2) is 9.59 Å². The minimum Gasteiger partial charge on any atom is -0.453 e. The molecule has 0 aromatic heterocycles. The summed E-state index contributed by atoms with van der Waals surface area (Å²) in [6, 6.07) is -0.102. The van der Waals surface area contributed by atoms with Gasteiger partial charge < -0.3 is 19.9 Å². The van der Waals surface area contributed by atoms with Crippen molar-refractivity contribution >= 4 is 12.1 Å². The largest absolute Gasteiger partial charge is 0.453 e. The van der Waals surface area contributed by atoms with Crippen LogP contribution in [0.2, 0.25) is 0 Å². The van der Waals surface area contributed by atoms with Crippen molar-refractivity contribution < 1.29 is 14.3 Å². The molecule has 6 nitrogen and oxygen atoms in total. The van der Waals surface area contributed by atoms with Gasteiger partial charge in [0.25, 0.3) is 0 Å². The number of urea groups is 1. The van der Waals surface area contributed by atoms with E-state index in [0.717, 1.165) is 0 Å². The molecule has 1 rings (SSSR count). The monoisotopic (exact) mass is 231 g/mol. The number of piperazine rings is 1. The van der Waals surface area contributed by atoms with Crippen molar-refractivity contribution in [1.82, 2.24) is 15.1 Å². The van der Waals surface area contributed by atoms with Crippen LogP contribution in [0.1, 0.15) is 13.8 Å². The molecule has 0 saturated carbocycles. The van der Waals surface area contributed by atoms with E-state index in [0.29, 0.717) is 26.2 Å². The van der Waals surface area contributed by atoms with E-state index in [1.54, 1.807) is 16.8 Å². The van der Waals surface area contributed by atoms with Crippen LogP contribution in [0.15, 0.2) is 0 Å². The molecule has 6 heteroatoms. The molecule has 1 N–H and O–H groups in total. The van der Waals surface area contributed by atoms with Gasteiger partial charge in [-0.2, -0.15) is 0 Å². The zero-order chi connectivity index (χ0) is 12.6. The van der Waals surface area contributed by atoms with E-state index in [1.165, 1.54) is 7.11 Å². The maximum Gasteiger partial charge on any atom is 0.409 e. The predicted octanol–water partition coefficient (Wildman–Crippen LogP) is 0.736. The SMILES string of the molecule is CC.CNC(=O)N1CCN(C(=O)OC)CC1. The molecule has 1 aliphatic rings. The molecule has 16 heavy (non-hydrogen) atoms. The van der Waals surface area contributed by atoms with Gasteiger partial charge in [0.15, 0.2) is 0 Å². The maximum atomic E-state index is 11.2. The molecule has 0 aromatic rings. The minimum atomic E-state index is -0.332. The van der Waals surface area contributed by atoms with Crippen molar-refractivity contribution in [2.24, 2.45) is 0 Å². The van der Waals surface area contributed by atoms with Crippen LogP contribution in [0.3, 0.4) is 0 Å². The van der Waals surface area contributed by atoms with Crippen LogP contribution in [0.25, 0.3) is 0 Å². The molecule has 0 radical (unpaired) electrons. The highest BCUT2D eigenvalue weighted by atomic mass is 16.5. The lowest BCUT2D eigenvalue weighted by Gasteiger charge is -2.33. The molecule has 1 heterocycles. The van der Waals surface area contributed by atoms with E-state index >= 15 is 0 Å². The number of rotatable bonds is 0. The van der Waals surface area contributed by atoms with Crippen LogP contribution in [0, 0.1) is 0 Å². The number of amides is 3. The van der Waals surface area contributed by atoms with E-state index in [1.807, 2.05) is 13.8 Å². The molecule has 1 fully saturated rings. The standard InChI is InChI=1S/C8H15N3O3.C2H6/c1-9-7(12)10-3-5-11(6-4-10)8(13)14-2;1-2/h3-6H2,1-2H3,(H,9,12);1-2H3. The number of hydrogen-bond acceptors (Lipinski definition) is 3. The lowest BCUT2D eigenvalue weighted by molar-refractivity contribution is 0.0974. The third-order valence-electron chi connectivity index (χ3n) is 2.21. The number of methoxy groups -OCH3 is 1. The van der Waals surface area contributed by atoms with E-state index in [2.05, 4.69) is 10.1 Å². The second-order valence-corrected chi connectivity index (χ2v) is 3.00. The lowest BCUT2D eigenvalue weighted by Crippen LogP contribution is -2.52.